The smallest absolute Gasteiger partial charge is 0.146 e. The van der Waals surface area contributed by atoms with E-state index in [1.807, 2.05) is 12.2 Å². The molecule has 2 aliphatic carbocycles. The van der Waals surface area contributed by atoms with Crippen LogP contribution >= 0.6 is 0 Å². The van der Waals surface area contributed by atoms with Crippen molar-refractivity contribution in [2.75, 3.05) is 6.54 Å². The van der Waals surface area contributed by atoms with Gasteiger partial charge in [0.15, 0.2) is 0 Å². The maximum absolute atomic E-state index is 11.2. The summed E-state index contributed by atoms with van der Waals surface area (Å²) in [6.45, 7) is 0.664. The van der Waals surface area contributed by atoms with Crippen molar-refractivity contribution in [3.05, 3.63) is 12.2 Å². The highest BCUT2D eigenvalue weighted by molar-refractivity contribution is 5.91. The van der Waals surface area contributed by atoms with Gasteiger partial charge in [0.25, 0.3) is 0 Å². The summed E-state index contributed by atoms with van der Waals surface area (Å²) in [5, 5.41) is 0. The van der Waals surface area contributed by atoms with Crippen molar-refractivity contribution >= 4 is 5.78 Å². The zero-order valence-corrected chi connectivity index (χ0v) is 5.79. The molecule has 0 aromatic heterocycles. The Morgan fingerprint density at radius 1 is 1.60 bits per heavy atom. The third kappa shape index (κ3) is 0.598. The summed E-state index contributed by atoms with van der Waals surface area (Å²) in [4.78, 5) is 11.2. The number of hydrogen-bond donors (Lipinski definition) is 1. The Hall–Kier alpha value is -0.630. The summed E-state index contributed by atoms with van der Waals surface area (Å²) in [5.74, 6) is 1.24. The standard InChI is InChI=1S/C8H11NO/c9-4-6-3-5-1-2-7(6)8(5)10/h1-2,5-7H,3-4,9H2. The monoisotopic (exact) mass is 137 g/mol. The Bertz CT molecular complexity index is 197. The summed E-state index contributed by atoms with van der Waals surface area (Å²) < 4.78 is 0. The van der Waals surface area contributed by atoms with E-state index in [1.54, 1.807) is 0 Å². The molecular formula is C8H11NO. The van der Waals surface area contributed by atoms with Gasteiger partial charge in [-0.2, -0.15) is 0 Å². The largest absolute Gasteiger partial charge is 0.330 e. The van der Waals surface area contributed by atoms with Gasteiger partial charge in [0.1, 0.15) is 5.78 Å². The van der Waals surface area contributed by atoms with Crippen molar-refractivity contribution in [3.63, 3.8) is 0 Å². The van der Waals surface area contributed by atoms with Gasteiger partial charge in [-0.25, -0.2) is 0 Å². The molecule has 2 rings (SSSR count). The Balaban J connectivity index is 2.23. The van der Waals surface area contributed by atoms with Gasteiger partial charge in [0.2, 0.25) is 0 Å². The summed E-state index contributed by atoms with van der Waals surface area (Å²) in [6.07, 6.45) is 5.05. The second kappa shape index (κ2) is 1.92. The van der Waals surface area contributed by atoms with Crippen LogP contribution in [0.15, 0.2) is 12.2 Å². The van der Waals surface area contributed by atoms with Crippen LogP contribution in [0.2, 0.25) is 0 Å². The molecule has 2 bridgehead atoms. The molecule has 2 aliphatic rings. The highest BCUT2D eigenvalue weighted by Crippen LogP contribution is 2.39. The number of carbonyl (C=O) groups is 1. The lowest BCUT2D eigenvalue weighted by Crippen LogP contribution is -2.19. The molecule has 2 heteroatoms. The summed E-state index contributed by atoms with van der Waals surface area (Å²) in [7, 11) is 0. The molecule has 0 spiro atoms. The van der Waals surface area contributed by atoms with Gasteiger partial charge < -0.3 is 5.73 Å². The van der Waals surface area contributed by atoms with Crippen LogP contribution in [0.5, 0.6) is 0 Å². The number of nitrogens with two attached hydrogens (primary N) is 1. The van der Waals surface area contributed by atoms with Crippen LogP contribution in [0.1, 0.15) is 6.42 Å². The molecule has 2 nitrogen and oxygen atoms in total. The first-order chi connectivity index (χ1) is 4.83. The molecule has 0 radical (unpaired) electrons. The molecule has 54 valence electrons. The molecule has 0 amide bonds. The Labute approximate surface area is 60.1 Å². The molecule has 3 unspecified atom stereocenters. The highest BCUT2D eigenvalue weighted by Gasteiger charge is 2.42. The molecule has 0 saturated heterocycles. The first kappa shape index (κ1) is 6.10. The SMILES string of the molecule is NCC1CC2C=CC1C2=O. The van der Waals surface area contributed by atoms with Crippen LogP contribution in [0.3, 0.4) is 0 Å². The summed E-state index contributed by atoms with van der Waals surface area (Å²) in [6, 6.07) is 0. The van der Waals surface area contributed by atoms with Crippen LogP contribution in [0.25, 0.3) is 0 Å². The van der Waals surface area contributed by atoms with Crippen LogP contribution < -0.4 is 5.73 Å². The lowest BCUT2D eigenvalue weighted by Gasteiger charge is -2.12. The van der Waals surface area contributed by atoms with Crippen LogP contribution in [0.4, 0.5) is 0 Å². The van der Waals surface area contributed by atoms with Crippen molar-refractivity contribution in [1.82, 2.24) is 0 Å². The Kier molecular flexibility index (Phi) is 1.17. The highest BCUT2D eigenvalue weighted by atomic mass is 16.1. The van der Waals surface area contributed by atoms with E-state index in [9.17, 15) is 4.79 Å². The van der Waals surface area contributed by atoms with Gasteiger partial charge in [-0.05, 0) is 18.9 Å². The third-order valence-electron chi connectivity index (χ3n) is 2.61. The normalized spacial score (nSPS) is 43.3. The van der Waals surface area contributed by atoms with Crippen molar-refractivity contribution in [2.24, 2.45) is 23.5 Å². The quantitative estimate of drug-likeness (QED) is 0.529. The fraction of sp³-hybridized carbons (Fsp3) is 0.625. The molecule has 0 aromatic carbocycles. The number of carbonyl (C=O) groups excluding carboxylic acids is 1. The topological polar surface area (TPSA) is 43.1 Å². The second-order valence-corrected chi connectivity index (χ2v) is 3.15. The lowest BCUT2D eigenvalue weighted by atomic mass is 9.94. The number of Topliss-reactive ketones (excluding diaryl/α,β-unsaturated/α-hetero) is 1. The van der Waals surface area contributed by atoms with E-state index in [2.05, 4.69) is 0 Å². The number of ketones is 1. The number of rotatable bonds is 1. The van der Waals surface area contributed by atoms with Gasteiger partial charge in [-0.1, -0.05) is 12.2 Å². The van der Waals surface area contributed by atoms with E-state index < -0.39 is 0 Å². The Morgan fingerprint density at radius 3 is 2.70 bits per heavy atom. The molecule has 0 aromatic rings. The van der Waals surface area contributed by atoms with Crippen LogP contribution in [-0.2, 0) is 4.79 Å². The third-order valence-corrected chi connectivity index (χ3v) is 2.61. The first-order valence-corrected chi connectivity index (χ1v) is 3.75. The fourth-order valence-corrected chi connectivity index (χ4v) is 1.99. The first-order valence-electron chi connectivity index (χ1n) is 3.75. The van der Waals surface area contributed by atoms with Crippen LogP contribution in [-0.4, -0.2) is 12.3 Å². The maximum Gasteiger partial charge on any atom is 0.146 e. The summed E-state index contributed by atoms with van der Waals surface area (Å²) >= 11 is 0. The van der Waals surface area contributed by atoms with Crippen molar-refractivity contribution < 1.29 is 4.79 Å². The van der Waals surface area contributed by atoms with E-state index in [4.69, 9.17) is 5.73 Å². The predicted molar refractivity (Wildman–Crippen MR) is 38.3 cm³/mol. The molecule has 1 fully saturated rings. The number of fused-ring (bicyclic) bond motifs is 2. The van der Waals surface area contributed by atoms with Gasteiger partial charge in [0, 0.05) is 11.8 Å². The van der Waals surface area contributed by atoms with E-state index >= 15 is 0 Å². The van der Waals surface area contributed by atoms with Crippen molar-refractivity contribution in [2.45, 2.75) is 6.42 Å². The molecule has 0 aliphatic heterocycles. The minimum absolute atomic E-state index is 0.176. The van der Waals surface area contributed by atoms with E-state index in [1.165, 1.54) is 0 Å². The van der Waals surface area contributed by atoms with Gasteiger partial charge >= 0.3 is 0 Å². The number of allylic oxidation sites excluding steroid dienone is 2. The molecule has 2 N–H and O–H groups in total. The minimum Gasteiger partial charge on any atom is -0.330 e. The molecule has 0 heterocycles. The predicted octanol–water partition coefficient (Wildman–Crippen LogP) is 0.336. The number of hydrogen-bond acceptors (Lipinski definition) is 2. The van der Waals surface area contributed by atoms with Gasteiger partial charge in [0.05, 0.1) is 0 Å². The van der Waals surface area contributed by atoms with Crippen LogP contribution in [0, 0.1) is 17.8 Å². The molecule has 1 saturated carbocycles. The van der Waals surface area contributed by atoms with Crippen molar-refractivity contribution in [1.29, 1.82) is 0 Å². The van der Waals surface area contributed by atoms with E-state index in [-0.39, 0.29) is 11.8 Å². The molecule has 3 atom stereocenters. The fourth-order valence-electron chi connectivity index (χ4n) is 1.99. The van der Waals surface area contributed by atoms with E-state index in [0.29, 0.717) is 18.2 Å². The second-order valence-electron chi connectivity index (χ2n) is 3.15. The van der Waals surface area contributed by atoms with Gasteiger partial charge in [-0.15, -0.1) is 0 Å². The Morgan fingerprint density at radius 2 is 2.40 bits per heavy atom. The van der Waals surface area contributed by atoms with Gasteiger partial charge in [-0.3, -0.25) is 4.79 Å². The maximum atomic E-state index is 11.2. The summed E-state index contributed by atoms with van der Waals surface area (Å²) in [5.41, 5.74) is 5.50. The van der Waals surface area contributed by atoms with Crippen molar-refractivity contribution in [3.8, 4) is 0 Å². The lowest BCUT2D eigenvalue weighted by molar-refractivity contribution is -0.121. The molecular weight excluding hydrogens is 126 g/mol. The zero-order chi connectivity index (χ0) is 7.14. The minimum atomic E-state index is 0.176. The molecule has 10 heavy (non-hydrogen) atoms. The van der Waals surface area contributed by atoms with E-state index in [0.717, 1.165) is 6.42 Å². The average Bonchev–Trinajstić information content (AvgIpc) is 2.46. The average molecular weight is 137 g/mol. The zero-order valence-electron chi connectivity index (χ0n) is 5.79.